The highest BCUT2D eigenvalue weighted by atomic mass is 32.1. The number of carbonyl (C=O) groups excluding carboxylic acids is 2. The Morgan fingerprint density at radius 1 is 1.29 bits per heavy atom. The Morgan fingerprint density at radius 3 is 2.77 bits per heavy atom. The number of rotatable bonds is 8. The Morgan fingerprint density at radius 2 is 2.10 bits per heavy atom. The zero-order chi connectivity index (χ0) is 22.4. The maximum Gasteiger partial charge on any atom is 0.357 e. The number of nitrogens with zero attached hydrogens (tertiary/aromatic N) is 2. The summed E-state index contributed by atoms with van der Waals surface area (Å²) < 4.78 is 4.93. The van der Waals surface area contributed by atoms with Gasteiger partial charge in [0.1, 0.15) is 5.75 Å². The van der Waals surface area contributed by atoms with Crippen molar-refractivity contribution in [3.63, 3.8) is 0 Å². The van der Waals surface area contributed by atoms with Crippen LogP contribution in [-0.4, -0.2) is 34.7 Å². The average molecular weight is 455 g/mol. The number of thiazole rings is 1. The topological polar surface area (TPSA) is 88.8 Å². The number of hydrogen-bond donors (Lipinski definition) is 1. The minimum absolute atomic E-state index is 0.0707. The van der Waals surface area contributed by atoms with Crippen LogP contribution in [0.25, 0.3) is 6.08 Å². The van der Waals surface area contributed by atoms with Crippen LogP contribution in [0.3, 0.4) is 0 Å². The fraction of sp³-hybridized carbons (Fsp3) is 0.217. The zero-order valence-electron chi connectivity index (χ0n) is 17.4. The molecule has 31 heavy (non-hydrogen) atoms. The second kappa shape index (κ2) is 10.3. The minimum Gasteiger partial charge on any atom is -0.507 e. The number of aromatic hydroxyl groups is 1. The number of phenolic OH excluding ortho intramolecular Hbond substituents is 1. The predicted octanol–water partition coefficient (Wildman–Crippen LogP) is 5.86. The molecule has 0 atom stereocenters. The van der Waals surface area contributed by atoms with Gasteiger partial charge < -0.3 is 9.84 Å². The molecule has 0 aliphatic rings. The minimum atomic E-state index is -0.493. The van der Waals surface area contributed by atoms with E-state index in [0.717, 1.165) is 11.1 Å². The van der Waals surface area contributed by atoms with Crippen molar-refractivity contribution in [3.8, 4) is 5.75 Å². The van der Waals surface area contributed by atoms with E-state index in [9.17, 15) is 14.7 Å². The molecule has 2 heterocycles. The van der Waals surface area contributed by atoms with Gasteiger partial charge in [0.25, 0.3) is 0 Å². The van der Waals surface area contributed by atoms with Gasteiger partial charge in [0.2, 0.25) is 5.13 Å². The SMILES string of the molecule is CCOC(=O)c1csc(/N=C/c2cc(/C=C/C(=O)c3cccs3)cc(C(C)C)c2O)n1. The third-order valence-corrected chi connectivity index (χ3v) is 5.93. The normalized spacial score (nSPS) is 11.6. The van der Waals surface area contributed by atoms with E-state index >= 15 is 0 Å². The van der Waals surface area contributed by atoms with E-state index in [1.54, 1.807) is 30.5 Å². The average Bonchev–Trinajstić information content (AvgIpc) is 3.44. The maximum atomic E-state index is 12.3. The molecule has 0 radical (unpaired) electrons. The molecule has 0 amide bonds. The van der Waals surface area contributed by atoms with E-state index in [-0.39, 0.29) is 29.8 Å². The largest absolute Gasteiger partial charge is 0.507 e. The van der Waals surface area contributed by atoms with Gasteiger partial charge in [-0.2, -0.15) is 0 Å². The maximum absolute atomic E-state index is 12.3. The number of phenols is 1. The van der Waals surface area contributed by atoms with Gasteiger partial charge in [-0.05, 0) is 53.6 Å². The summed E-state index contributed by atoms with van der Waals surface area (Å²) >= 11 is 2.60. The zero-order valence-corrected chi connectivity index (χ0v) is 19.0. The number of carbonyl (C=O) groups is 2. The van der Waals surface area contributed by atoms with Gasteiger partial charge in [-0.3, -0.25) is 4.79 Å². The smallest absolute Gasteiger partial charge is 0.357 e. The number of thiophene rings is 1. The first kappa shape index (κ1) is 22.6. The number of aliphatic imine (C=N–C) groups is 1. The molecule has 0 aliphatic carbocycles. The first-order valence-electron chi connectivity index (χ1n) is 9.68. The number of aromatic nitrogens is 1. The lowest BCUT2D eigenvalue weighted by Gasteiger charge is -2.12. The van der Waals surface area contributed by atoms with Crippen LogP contribution in [0.15, 0.2) is 46.1 Å². The van der Waals surface area contributed by atoms with E-state index in [2.05, 4.69) is 9.98 Å². The van der Waals surface area contributed by atoms with Crippen LogP contribution >= 0.6 is 22.7 Å². The summed E-state index contributed by atoms with van der Waals surface area (Å²) in [5, 5.41) is 14.5. The van der Waals surface area contributed by atoms with E-state index in [1.165, 1.54) is 35.0 Å². The highest BCUT2D eigenvalue weighted by molar-refractivity contribution is 7.13. The van der Waals surface area contributed by atoms with Crippen LogP contribution in [0.1, 0.15) is 63.5 Å². The molecule has 6 nitrogen and oxygen atoms in total. The first-order chi connectivity index (χ1) is 14.9. The molecule has 160 valence electrons. The van der Waals surface area contributed by atoms with Crippen LogP contribution in [0.2, 0.25) is 0 Å². The number of benzene rings is 1. The molecule has 0 fully saturated rings. The number of hydrogen-bond acceptors (Lipinski definition) is 8. The molecule has 2 aromatic heterocycles. The van der Waals surface area contributed by atoms with Gasteiger partial charge >= 0.3 is 5.97 Å². The summed E-state index contributed by atoms with van der Waals surface area (Å²) in [6.45, 7) is 5.96. The number of ether oxygens (including phenoxy) is 1. The summed E-state index contributed by atoms with van der Waals surface area (Å²) in [6.07, 6.45) is 4.76. The Bertz CT molecular complexity index is 1130. The second-order valence-corrected chi connectivity index (χ2v) is 8.66. The van der Waals surface area contributed by atoms with Crippen molar-refractivity contribution in [2.45, 2.75) is 26.7 Å². The molecule has 0 spiro atoms. The third-order valence-electron chi connectivity index (χ3n) is 4.30. The first-order valence-corrected chi connectivity index (χ1v) is 11.4. The Kier molecular flexibility index (Phi) is 7.49. The third kappa shape index (κ3) is 5.74. The van der Waals surface area contributed by atoms with Crippen molar-refractivity contribution in [2.75, 3.05) is 6.61 Å². The number of esters is 1. The summed E-state index contributed by atoms with van der Waals surface area (Å²) in [5.74, 6) is -0.363. The second-order valence-electron chi connectivity index (χ2n) is 6.87. The van der Waals surface area contributed by atoms with Crippen LogP contribution in [-0.2, 0) is 4.74 Å². The van der Waals surface area contributed by atoms with Crippen molar-refractivity contribution in [2.24, 2.45) is 4.99 Å². The predicted molar refractivity (Wildman–Crippen MR) is 125 cm³/mol. The van der Waals surface area contributed by atoms with Crippen molar-refractivity contribution in [3.05, 3.63) is 68.4 Å². The molecule has 0 unspecified atom stereocenters. The summed E-state index contributed by atoms with van der Waals surface area (Å²) in [5.41, 5.74) is 2.23. The van der Waals surface area contributed by atoms with Gasteiger partial charge in [0, 0.05) is 17.2 Å². The van der Waals surface area contributed by atoms with E-state index in [4.69, 9.17) is 4.74 Å². The highest BCUT2D eigenvalue weighted by Crippen LogP contribution is 2.31. The van der Waals surface area contributed by atoms with Crippen molar-refractivity contribution in [1.82, 2.24) is 4.98 Å². The fourth-order valence-electron chi connectivity index (χ4n) is 2.76. The van der Waals surface area contributed by atoms with E-state index in [1.807, 2.05) is 31.4 Å². The van der Waals surface area contributed by atoms with Crippen LogP contribution in [0.5, 0.6) is 5.75 Å². The quantitative estimate of drug-likeness (QED) is 0.199. The Balaban J connectivity index is 1.88. The van der Waals surface area contributed by atoms with Crippen LogP contribution in [0, 0.1) is 0 Å². The molecule has 0 aliphatic heterocycles. The van der Waals surface area contributed by atoms with Crippen LogP contribution < -0.4 is 0 Å². The van der Waals surface area contributed by atoms with Gasteiger partial charge in [-0.25, -0.2) is 14.8 Å². The molecular formula is C23H22N2O4S2. The summed E-state index contributed by atoms with van der Waals surface area (Å²) in [7, 11) is 0. The molecule has 0 bridgehead atoms. The molecule has 8 heteroatoms. The molecule has 3 aromatic rings. The lowest BCUT2D eigenvalue weighted by Crippen LogP contribution is -2.04. The lowest BCUT2D eigenvalue weighted by molar-refractivity contribution is 0.0520. The molecule has 3 rings (SSSR count). The van der Waals surface area contributed by atoms with Crippen molar-refractivity contribution >= 4 is 51.8 Å². The number of allylic oxidation sites excluding steroid dienone is 1. The Hall–Kier alpha value is -3.10. The molecule has 0 saturated heterocycles. The van der Waals surface area contributed by atoms with E-state index in [0.29, 0.717) is 15.6 Å². The van der Waals surface area contributed by atoms with Gasteiger partial charge in [0.05, 0.1) is 11.5 Å². The molecule has 1 N–H and O–H groups in total. The van der Waals surface area contributed by atoms with Crippen molar-refractivity contribution < 1.29 is 19.4 Å². The fourth-order valence-corrected chi connectivity index (χ4v) is 4.03. The molecule has 0 saturated carbocycles. The lowest BCUT2D eigenvalue weighted by atomic mass is 9.96. The molecular weight excluding hydrogens is 432 g/mol. The molecule has 1 aromatic carbocycles. The summed E-state index contributed by atoms with van der Waals surface area (Å²) in [6, 6.07) is 7.23. The standard InChI is InChI=1S/C23H22N2O4S2/c1-4-29-22(28)18-13-31-23(25-18)24-12-16-10-15(11-17(14(2)3)21(16)27)7-8-19(26)20-6-5-9-30-20/h5-14,27H,4H2,1-3H3/b8-7+,24-12+. The monoisotopic (exact) mass is 454 g/mol. The summed E-state index contributed by atoms with van der Waals surface area (Å²) in [4.78, 5) is 33.1. The highest BCUT2D eigenvalue weighted by Gasteiger charge is 2.13. The van der Waals surface area contributed by atoms with Gasteiger partial charge in [-0.1, -0.05) is 26.0 Å². The van der Waals surface area contributed by atoms with Gasteiger partial charge in [0.15, 0.2) is 11.5 Å². The van der Waals surface area contributed by atoms with Crippen LogP contribution in [0.4, 0.5) is 5.13 Å². The number of ketones is 1. The van der Waals surface area contributed by atoms with E-state index < -0.39 is 5.97 Å². The van der Waals surface area contributed by atoms with Gasteiger partial charge in [-0.15, -0.1) is 22.7 Å². The Labute approximate surface area is 188 Å². The van der Waals surface area contributed by atoms with Crippen molar-refractivity contribution in [1.29, 1.82) is 0 Å².